The Balaban J connectivity index is 1.56. The van der Waals surface area contributed by atoms with E-state index in [-0.39, 0.29) is 31.0 Å². The molecule has 4 aromatic rings. The number of anilines is 2. The van der Waals surface area contributed by atoms with E-state index in [4.69, 9.17) is 23.2 Å². The molecule has 39 heavy (non-hydrogen) atoms. The number of sulfonamides is 2. The molecule has 0 saturated heterocycles. The predicted molar refractivity (Wildman–Crippen MR) is 152 cm³/mol. The topological polar surface area (TPSA) is 109 Å². The van der Waals surface area contributed by atoms with Crippen molar-refractivity contribution in [2.24, 2.45) is 0 Å². The molecule has 0 amide bonds. The van der Waals surface area contributed by atoms with Gasteiger partial charge in [-0.2, -0.15) is 0 Å². The molecule has 0 aliphatic carbocycles. The van der Waals surface area contributed by atoms with Crippen LogP contribution in [0.2, 0.25) is 10.0 Å². The van der Waals surface area contributed by atoms with Crippen LogP contribution in [0.1, 0.15) is 0 Å². The van der Waals surface area contributed by atoms with Gasteiger partial charge in [-0.05, 0) is 97.1 Å². The maximum absolute atomic E-state index is 13.2. The van der Waals surface area contributed by atoms with Crippen molar-refractivity contribution in [3.05, 3.63) is 107 Å². The fourth-order valence-electron chi connectivity index (χ4n) is 3.61. The van der Waals surface area contributed by atoms with Gasteiger partial charge in [-0.15, -0.1) is 0 Å². The molecule has 0 aromatic heterocycles. The first-order chi connectivity index (χ1) is 18.2. The lowest BCUT2D eigenvalue weighted by Crippen LogP contribution is -2.26. The molecule has 204 valence electrons. The zero-order valence-corrected chi connectivity index (χ0v) is 24.5. The fraction of sp³-hybridized carbons (Fsp3) is 0.0769. The second-order valence-corrected chi connectivity index (χ2v) is 15.1. The summed E-state index contributed by atoms with van der Waals surface area (Å²) in [5.74, 6) is 0. The first-order valence-corrected chi connectivity index (χ1v) is 16.3. The Kier molecular flexibility index (Phi) is 8.02. The molecule has 0 radical (unpaired) electrons. The molecular weight excluding hydrogens is 603 g/mol. The maximum atomic E-state index is 13.2. The predicted octanol–water partition coefficient (Wildman–Crippen LogP) is 5.48. The van der Waals surface area contributed by atoms with Gasteiger partial charge in [0, 0.05) is 24.1 Å². The Morgan fingerprint density at radius 1 is 0.436 bits per heavy atom. The number of benzene rings is 4. The molecule has 0 fully saturated rings. The summed E-state index contributed by atoms with van der Waals surface area (Å²) >= 11 is 11.7. The molecule has 0 spiro atoms. The van der Waals surface area contributed by atoms with Crippen LogP contribution in [0.4, 0.5) is 11.4 Å². The van der Waals surface area contributed by atoms with Crippen molar-refractivity contribution in [1.82, 2.24) is 0 Å². The monoisotopic (exact) mass is 624 g/mol. The average Bonchev–Trinajstić information content (AvgIpc) is 2.93. The highest BCUT2D eigenvalue weighted by atomic mass is 35.5. The van der Waals surface area contributed by atoms with Crippen molar-refractivity contribution in [1.29, 1.82) is 0 Å². The van der Waals surface area contributed by atoms with Gasteiger partial charge < -0.3 is 0 Å². The van der Waals surface area contributed by atoms with Crippen molar-refractivity contribution in [2.75, 3.05) is 22.7 Å². The third kappa shape index (κ3) is 5.78. The molecule has 0 unspecified atom stereocenters. The minimum absolute atomic E-state index is 0.0363. The summed E-state index contributed by atoms with van der Waals surface area (Å²) in [4.78, 5) is -0.0414. The van der Waals surface area contributed by atoms with E-state index < -0.39 is 29.9 Å². The minimum atomic E-state index is -3.97. The third-order valence-electron chi connectivity index (χ3n) is 5.97. The average molecular weight is 626 g/mol. The van der Waals surface area contributed by atoms with Crippen molar-refractivity contribution in [2.45, 2.75) is 19.6 Å². The van der Waals surface area contributed by atoms with Crippen molar-refractivity contribution >= 4 is 64.5 Å². The fourth-order valence-corrected chi connectivity index (χ4v) is 7.52. The minimum Gasteiger partial charge on any atom is -0.269 e. The quantitative estimate of drug-likeness (QED) is 0.257. The van der Waals surface area contributed by atoms with Crippen LogP contribution >= 0.6 is 23.2 Å². The smallest absolute Gasteiger partial charge is 0.264 e. The van der Waals surface area contributed by atoms with Crippen LogP contribution in [0.15, 0.2) is 117 Å². The lowest BCUT2D eigenvalue weighted by molar-refractivity contribution is 0.592. The molecular formula is C26H22Cl2N2O6S3. The summed E-state index contributed by atoms with van der Waals surface area (Å²) < 4.78 is 80.2. The molecule has 13 heteroatoms. The van der Waals surface area contributed by atoms with Gasteiger partial charge in [-0.3, -0.25) is 8.61 Å². The lowest BCUT2D eigenvalue weighted by atomic mass is 10.3. The zero-order chi connectivity index (χ0) is 28.6. The molecule has 0 atom stereocenters. The van der Waals surface area contributed by atoms with Crippen LogP contribution in [-0.4, -0.2) is 39.3 Å². The first kappa shape index (κ1) is 28.9. The van der Waals surface area contributed by atoms with Crippen LogP contribution in [0.5, 0.6) is 0 Å². The van der Waals surface area contributed by atoms with Crippen LogP contribution in [0.25, 0.3) is 0 Å². The normalized spacial score (nSPS) is 12.2. The van der Waals surface area contributed by atoms with E-state index in [1.807, 2.05) is 0 Å². The Hall–Kier alpha value is -3.09. The van der Waals surface area contributed by atoms with E-state index >= 15 is 0 Å². The molecule has 0 aliphatic rings. The summed E-state index contributed by atoms with van der Waals surface area (Å²) in [5, 5.41) is 0.794. The molecule has 0 saturated carbocycles. The summed E-state index contributed by atoms with van der Waals surface area (Å²) in [6, 6.07) is 22.2. The third-order valence-corrected chi connectivity index (χ3v) is 11.9. The second kappa shape index (κ2) is 10.8. The van der Waals surface area contributed by atoms with Gasteiger partial charge >= 0.3 is 0 Å². The van der Waals surface area contributed by atoms with E-state index in [9.17, 15) is 25.3 Å². The number of sulfone groups is 1. The summed E-state index contributed by atoms with van der Waals surface area (Å²) in [6.07, 6.45) is 0. The number of hydrogen-bond donors (Lipinski definition) is 0. The van der Waals surface area contributed by atoms with Crippen LogP contribution in [0.3, 0.4) is 0 Å². The Bertz CT molecular complexity index is 1680. The largest absolute Gasteiger partial charge is 0.269 e. The van der Waals surface area contributed by atoms with E-state index in [0.717, 1.165) is 8.61 Å². The molecule has 8 nitrogen and oxygen atoms in total. The molecule has 0 bridgehead atoms. The highest BCUT2D eigenvalue weighted by molar-refractivity contribution is 7.93. The van der Waals surface area contributed by atoms with E-state index in [0.29, 0.717) is 10.0 Å². The van der Waals surface area contributed by atoms with Crippen LogP contribution in [0, 0.1) is 0 Å². The zero-order valence-electron chi connectivity index (χ0n) is 20.6. The lowest BCUT2D eigenvalue weighted by Gasteiger charge is -2.20. The SMILES string of the molecule is CN(c1ccc(S(=O)(=O)c2ccc(N(C)S(=O)(=O)c3ccc(Cl)cc3)cc2)cc1)S(=O)(=O)c1ccc(Cl)cc1. The maximum Gasteiger partial charge on any atom is 0.264 e. The van der Waals surface area contributed by atoms with Crippen molar-refractivity contribution in [3.8, 4) is 0 Å². The molecule has 4 rings (SSSR count). The summed E-state index contributed by atoms with van der Waals surface area (Å²) in [5.41, 5.74) is 0.515. The standard InChI is InChI=1S/C26H22Cl2N2O6S3/c1-29(38(33,34)25-11-3-19(27)4-12-25)21-7-15-23(16-8-21)37(31,32)24-17-9-22(10-18-24)30(2)39(35,36)26-13-5-20(28)6-14-26/h3-18H,1-2H3. The number of nitrogens with zero attached hydrogens (tertiary/aromatic N) is 2. The Morgan fingerprint density at radius 3 is 0.974 bits per heavy atom. The highest BCUT2D eigenvalue weighted by Gasteiger charge is 2.25. The van der Waals surface area contributed by atoms with E-state index in [1.165, 1.54) is 111 Å². The number of hydrogen-bond acceptors (Lipinski definition) is 6. The van der Waals surface area contributed by atoms with Gasteiger partial charge in [0.2, 0.25) is 9.84 Å². The van der Waals surface area contributed by atoms with Gasteiger partial charge in [-0.25, -0.2) is 25.3 Å². The van der Waals surface area contributed by atoms with Crippen LogP contribution in [-0.2, 0) is 29.9 Å². The van der Waals surface area contributed by atoms with Gasteiger partial charge in [0.05, 0.1) is 31.0 Å². The van der Waals surface area contributed by atoms with Gasteiger partial charge in [0.15, 0.2) is 0 Å². The van der Waals surface area contributed by atoms with Gasteiger partial charge in [-0.1, -0.05) is 23.2 Å². The summed E-state index contributed by atoms with van der Waals surface area (Å²) in [6.45, 7) is 0. The van der Waals surface area contributed by atoms with Gasteiger partial charge in [0.25, 0.3) is 20.0 Å². The van der Waals surface area contributed by atoms with E-state index in [2.05, 4.69) is 0 Å². The van der Waals surface area contributed by atoms with Crippen molar-refractivity contribution < 1.29 is 25.3 Å². The Labute approximate surface area is 238 Å². The van der Waals surface area contributed by atoms with Crippen LogP contribution < -0.4 is 8.61 Å². The first-order valence-electron chi connectivity index (χ1n) is 11.2. The second-order valence-electron chi connectivity index (χ2n) is 8.34. The van der Waals surface area contributed by atoms with Gasteiger partial charge in [0.1, 0.15) is 0 Å². The summed E-state index contributed by atoms with van der Waals surface area (Å²) in [7, 11) is -9.03. The molecule has 0 aliphatic heterocycles. The number of rotatable bonds is 8. The number of halogens is 2. The van der Waals surface area contributed by atoms with Crippen molar-refractivity contribution in [3.63, 3.8) is 0 Å². The Morgan fingerprint density at radius 2 is 0.692 bits per heavy atom. The molecule has 0 heterocycles. The van der Waals surface area contributed by atoms with E-state index in [1.54, 1.807) is 0 Å². The molecule has 0 N–H and O–H groups in total. The molecule has 4 aromatic carbocycles. The highest BCUT2D eigenvalue weighted by Crippen LogP contribution is 2.29.